The number of carbonyl (C=O) groups excluding carboxylic acids is 1. The summed E-state index contributed by atoms with van der Waals surface area (Å²) in [6.07, 6.45) is -4.00. The van der Waals surface area contributed by atoms with Gasteiger partial charge in [-0.2, -0.15) is 13.8 Å². The average Bonchev–Trinajstić information content (AvgIpc) is 2.67. The van der Waals surface area contributed by atoms with Crippen LogP contribution >= 0.6 is 34.8 Å². The van der Waals surface area contributed by atoms with Crippen LogP contribution in [0.2, 0.25) is 5.02 Å². The highest BCUT2D eigenvalue weighted by Gasteiger charge is 2.40. The number of rotatable bonds is 6. The Hall–Kier alpha value is -2.09. The van der Waals surface area contributed by atoms with Gasteiger partial charge in [-0.25, -0.2) is 4.79 Å². The van der Waals surface area contributed by atoms with Crippen molar-refractivity contribution in [1.82, 2.24) is 0 Å². The molecule has 2 aromatic carbocycles. The van der Waals surface area contributed by atoms with Crippen LogP contribution in [0.25, 0.3) is 0 Å². The molecule has 0 spiro atoms. The Kier molecular flexibility index (Phi) is 8.29. The third kappa shape index (κ3) is 6.45. The van der Waals surface area contributed by atoms with Gasteiger partial charge in [-0.3, -0.25) is 4.90 Å². The zero-order valence-electron chi connectivity index (χ0n) is 16.3. The summed E-state index contributed by atoms with van der Waals surface area (Å²) in [5, 5.41) is 0.381. The molecule has 2 rings (SSSR count). The van der Waals surface area contributed by atoms with Crippen LogP contribution in [-0.4, -0.2) is 36.0 Å². The first-order chi connectivity index (χ1) is 14.0. The summed E-state index contributed by atoms with van der Waals surface area (Å²) < 4.78 is 37.1. The summed E-state index contributed by atoms with van der Waals surface area (Å²) in [4.78, 5) is 15.9. The molecular weight excluding hydrogens is 461 g/mol. The van der Waals surface area contributed by atoms with Crippen LogP contribution in [0.1, 0.15) is 19.4 Å². The summed E-state index contributed by atoms with van der Waals surface area (Å²) in [6, 6.07) is 11.5. The number of anilines is 1. The molecule has 5 nitrogen and oxygen atoms in total. The molecule has 0 aliphatic heterocycles. The van der Waals surface area contributed by atoms with Crippen molar-refractivity contribution in [3.63, 3.8) is 0 Å². The monoisotopic (exact) mass is 478 g/mol. The summed E-state index contributed by atoms with van der Waals surface area (Å²) in [5.74, 6) is -0.0957. The van der Waals surface area contributed by atoms with Crippen LogP contribution in [0.5, 0.6) is 5.75 Å². The fourth-order valence-electron chi connectivity index (χ4n) is 2.22. The second kappa shape index (κ2) is 10.3. The van der Waals surface area contributed by atoms with Crippen LogP contribution in [-0.2, 0) is 4.74 Å². The minimum Gasteiger partial charge on any atom is -0.474 e. The fraction of sp³-hybridized carbons (Fsp3) is 0.300. The van der Waals surface area contributed by atoms with Crippen molar-refractivity contribution in [2.24, 2.45) is 4.99 Å². The number of aliphatic imine (C=N–C) groups is 1. The molecule has 0 N–H and O–H groups in total. The Bertz CT molecular complexity index is 906. The first kappa shape index (κ1) is 24.2. The summed E-state index contributed by atoms with van der Waals surface area (Å²) in [6.45, 7) is 3.59. The van der Waals surface area contributed by atoms with E-state index in [0.717, 1.165) is 0 Å². The maximum atomic E-state index is 13.5. The van der Waals surface area contributed by atoms with E-state index in [0.29, 0.717) is 16.3 Å². The molecule has 0 atom stereocenters. The maximum Gasteiger partial charge on any atom is 0.428 e. The molecular formula is C20H19Cl3F2N2O3. The zero-order valence-corrected chi connectivity index (χ0v) is 18.6. The quantitative estimate of drug-likeness (QED) is 0.268. The Morgan fingerprint density at radius 1 is 1.10 bits per heavy atom. The van der Waals surface area contributed by atoms with Gasteiger partial charge in [0.25, 0.3) is 0 Å². The molecule has 162 valence electrons. The van der Waals surface area contributed by atoms with Gasteiger partial charge in [0.1, 0.15) is 5.75 Å². The van der Waals surface area contributed by atoms with E-state index in [4.69, 9.17) is 39.5 Å². The zero-order chi connectivity index (χ0) is 22.5. The highest BCUT2D eigenvalue weighted by molar-refractivity contribution is 6.44. The van der Waals surface area contributed by atoms with Gasteiger partial charge in [0.15, 0.2) is 0 Å². The van der Waals surface area contributed by atoms with Gasteiger partial charge < -0.3 is 9.47 Å². The van der Waals surface area contributed by atoms with Gasteiger partial charge >= 0.3 is 12.1 Å². The maximum absolute atomic E-state index is 13.5. The molecule has 0 aliphatic carbocycles. The molecule has 2 aromatic rings. The van der Waals surface area contributed by atoms with E-state index < -0.39 is 17.0 Å². The molecule has 0 saturated carbocycles. The van der Waals surface area contributed by atoms with E-state index in [2.05, 4.69) is 9.73 Å². The number of halogens is 5. The van der Waals surface area contributed by atoms with E-state index >= 15 is 0 Å². The Labute approximate surface area is 188 Å². The Morgan fingerprint density at radius 2 is 1.70 bits per heavy atom. The Morgan fingerprint density at radius 3 is 2.23 bits per heavy atom. The molecule has 0 radical (unpaired) electrons. The third-order valence-electron chi connectivity index (χ3n) is 3.67. The van der Waals surface area contributed by atoms with E-state index in [1.165, 1.54) is 36.2 Å². The number of alkyl halides is 4. The van der Waals surface area contributed by atoms with E-state index in [1.807, 2.05) is 0 Å². The molecule has 2 amide bonds. The molecule has 0 bridgehead atoms. The molecule has 0 heterocycles. The number of ether oxygens (including phenoxy) is 2. The first-order valence-corrected chi connectivity index (χ1v) is 9.99. The smallest absolute Gasteiger partial charge is 0.428 e. The van der Waals surface area contributed by atoms with Crippen LogP contribution in [0.15, 0.2) is 53.5 Å². The SMILES string of the molecule is CC(C)OC(=NC(=O)N(C)c1ccc(OC(F)(F)C(Cl)Cl)cc1)c1ccccc1Cl. The number of carbonyl (C=O) groups is 1. The van der Waals surface area contributed by atoms with Crippen LogP contribution in [0.3, 0.4) is 0 Å². The lowest BCUT2D eigenvalue weighted by Gasteiger charge is -2.20. The topological polar surface area (TPSA) is 51.1 Å². The highest BCUT2D eigenvalue weighted by atomic mass is 35.5. The normalized spacial score (nSPS) is 12.3. The highest BCUT2D eigenvalue weighted by Crippen LogP contribution is 2.31. The molecule has 0 fully saturated rings. The third-order valence-corrected chi connectivity index (χ3v) is 4.51. The second-order valence-electron chi connectivity index (χ2n) is 6.36. The number of hydrogen-bond acceptors (Lipinski definition) is 3. The van der Waals surface area contributed by atoms with Gasteiger partial charge in [-0.15, -0.1) is 0 Å². The molecule has 30 heavy (non-hydrogen) atoms. The summed E-state index contributed by atoms with van der Waals surface area (Å²) in [7, 11) is 1.48. The lowest BCUT2D eigenvalue weighted by molar-refractivity contribution is -0.163. The van der Waals surface area contributed by atoms with Crippen molar-refractivity contribution in [1.29, 1.82) is 0 Å². The molecule has 0 aliphatic rings. The number of nitrogens with zero attached hydrogens (tertiary/aromatic N) is 2. The minimum absolute atomic E-state index is 0.0716. The van der Waals surface area contributed by atoms with Crippen molar-refractivity contribution in [3.05, 3.63) is 59.1 Å². The summed E-state index contributed by atoms with van der Waals surface area (Å²) in [5.41, 5.74) is 0.855. The Balaban J connectivity index is 2.23. The van der Waals surface area contributed by atoms with Gasteiger partial charge in [-0.1, -0.05) is 46.9 Å². The number of benzene rings is 2. The summed E-state index contributed by atoms with van der Waals surface area (Å²) >= 11 is 16.6. The van der Waals surface area contributed by atoms with E-state index in [9.17, 15) is 13.6 Å². The first-order valence-electron chi connectivity index (χ1n) is 8.74. The van der Waals surface area contributed by atoms with Gasteiger partial charge in [0, 0.05) is 12.7 Å². The van der Waals surface area contributed by atoms with Crippen molar-refractivity contribution in [2.45, 2.75) is 30.9 Å². The standard InChI is InChI=1S/C20H19Cl3F2N2O3/c1-12(2)29-17(15-6-4-5-7-16(15)21)26-19(28)27(3)13-8-10-14(11-9-13)30-20(24,25)18(22)23/h4-12,18H,1-3H3. The van der Waals surface area contributed by atoms with Gasteiger partial charge in [0.05, 0.1) is 16.7 Å². The predicted molar refractivity (Wildman–Crippen MR) is 116 cm³/mol. The van der Waals surface area contributed by atoms with Crippen LogP contribution in [0.4, 0.5) is 19.3 Å². The second-order valence-corrected chi connectivity index (χ2v) is 7.87. The average molecular weight is 480 g/mol. The number of urea groups is 1. The predicted octanol–water partition coefficient (Wildman–Crippen LogP) is 6.54. The van der Waals surface area contributed by atoms with E-state index in [-0.39, 0.29) is 17.8 Å². The molecule has 10 heteroatoms. The lowest BCUT2D eigenvalue weighted by Crippen LogP contribution is -2.32. The van der Waals surface area contributed by atoms with Crippen molar-refractivity contribution in [3.8, 4) is 5.75 Å². The van der Waals surface area contributed by atoms with Crippen molar-refractivity contribution < 1.29 is 23.0 Å². The van der Waals surface area contributed by atoms with Crippen molar-refractivity contribution >= 4 is 52.4 Å². The number of hydrogen-bond donors (Lipinski definition) is 0. The minimum atomic E-state index is -3.76. The van der Waals surface area contributed by atoms with Crippen LogP contribution in [0, 0.1) is 0 Å². The number of amides is 2. The van der Waals surface area contributed by atoms with Crippen molar-refractivity contribution in [2.75, 3.05) is 11.9 Å². The molecule has 0 saturated heterocycles. The largest absolute Gasteiger partial charge is 0.474 e. The lowest BCUT2D eigenvalue weighted by atomic mass is 10.2. The molecule has 0 unspecified atom stereocenters. The van der Waals surface area contributed by atoms with Gasteiger partial charge in [-0.05, 0) is 50.2 Å². The molecule has 0 aromatic heterocycles. The van der Waals surface area contributed by atoms with Gasteiger partial charge in [0.2, 0.25) is 10.7 Å². The van der Waals surface area contributed by atoms with E-state index in [1.54, 1.807) is 38.1 Å². The fourth-order valence-corrected chi connectivity index (χ4v) is 2.53. The van der Waals surface area contributed by atoms with Crippen LogP contribution < -0.4 is 9.64 Å².